The van der Waals surface area contributed by atoms with Gasteiger partial charge < -0.3 is 14.9 Å². The van der Waals surface area contributed by atoms with Gasteiger partial charge in [-0.05, 0) is 18.1 Å². The quantitative estimate of drug-likeness (QED) is 0.484. The zero-order valence-corrected chi connectivity index (χ0v) is 15.1. The van der Waals surface area contributed by atoms with Gasteiger partial charge in [0.1, 0.15) is 5.75 Å². The van der Waals surface area contributed by atoms with E-state index in [0.29, 0.717) is 23.5 Å². The fraction of sp³-hybridized carbons (Fsp3) is 0.600. The van der Waals surface area contributed by atoms with Gasteiger partial charge in [0.05, 0.1) is 19.4 Å². The van der Waals surface area contributed by atoms with Crippen LogP contribution in [-0.4, -0.2) is 28.8 Å². The summed E-state index contributed by atoms with van der Waals surface area (Å²) < 4.78 is 5.75. The molecule has 25 heavy (non-hydrogen) atoms. The van der Waals surface area contributed by atoms with E-state index in [1.54, 1.807) is 18.2 Å². The van der Waals surface area contributed by atoms with Gasteiger partial charge in [-0.15, -0.1) is 0 Å². The van der Waals surface area contributed by atoms with Crippen molar-refractivity contribution in [2.24, 2.45) is 0 Å². The van der Waals surface area contributed by atoms with Crippen molar-refractivity contribution in [3.8, 4) is 5.75 Å². The predicted molar refractivity (Wildman–Crippen MR) is 97.2 cm³/mol. The van der Waals surface area contributed by atoms with Gasteiger partial charge in [-0.2, -0.15) is 0 Å². The summed E-state index contributed by atoms with van der Waals surface area (Å²) in [5.41, 5.74) is 0.972. The maximum Gasteiger partial charge on any atom is 0.307 e. The number of hydrogen-bond acceptors (Lipinski definition) is 3. The van der Waals surface area contributed by atoms with Crippen LogP contribution in [0.15, 0.2) is 18.2 Å². The summed E-state index contributed by atoms with van der Waals surface area (Å²) >= 11 is 0. The van der Waals surface area contributed by atoms with Crippen LogP contribution in [0.2, 0.25) is 0 Å². The minimum atomic E-state index is -0.991. The van der Waals surface area contributed by atoms with Gasteiger partial charge >= 0.3 is 11.9 Å². The lowest BCUT2D eigenvalue weighted by atomic mass is 10.0. The Morgan fingerprint density at radius 3 is 2.08 bits per heavy atom. The lowest BCUT2D eigenvalue weighted by Gasteiger charge is -2.14. The number of aliphatic carboxylic acids is 2. The number of carboxylic acids is 2. The molecule has 0 unspecified atom stereocenters. The molecule has 0 aliphatic carbocycles. The first kappa shape index (κ1) is 21.0. The van der Waals surface area contributed by atoms with Crippen LogP contribution < -0.4 is 4.74 Å². The highest BCUT2D eigenvalue weighted by Gasteiger charge is 2.15. The van der Waals surface area contributed by atoms with Crippen molar-refractivity contribution in [2.45, 2.75) is 71.1 Å². The monoisotopic (exact) mass is 350 g/mol. The molecule has 0 atom stereocenters. The summed E-state index contributed by atoms with van der Waals surface area (Å²) in [6, 6.07) is 5.08. The second-order valence-electron chi connectivity index (χ2n) is 6.36. The van der Waals surface area contributed by atoms with Crippen LogP contribution in [-0.2, 0) is 22.4 Å². The van der Waals surface area contributed by atoms with Crippen molar-refractivity contribution >= 4 is 11.9 Å². The summed E-state index contributed by atoms with van der Waals surface area (Å²) in [6.07, 6.45) is 9.19. The number of hydrogen-bond donors (Lipinski definition) is 2. The zero-order valence-electron chi connectivity index (χ0n) is 15.1. The van der Waals surface area contributed by atoms with Gasteiger partial charge in [0.25, 0.3) is 0 Å². The van der Waals surface area contributed by atoms with E-state index < -0.39 is 11.9 Å². The highest BCUT2D eigenvalue weighted by molar-refractivity contribution is 5.75. The maximum absolute atomic E-state index is 11.1. The molecule has 0 radical (unpaired) electrons. The van der Waals surface area contributed by atoms with Crippen LogP contribution in [0.3, 0.4) is 0 Å². The fourth-order valence-corrected chi connectivity index (χ4v) is 2.84. The largest absolute Gasteiger partial charge is 0.493 e. The van der Waals surface area contributed by atoms with Crippen molar-refractivity contribution in [3.63, 3.8) is 0 Å². The van der Waals surface area contributed by atoms with Crippen LogP contribution in [0.4, 0.5) is 0 Å². The van der Waals surface area contributed by atoms with Gasteiger partial charge in [0.2, 0.25) is 0 Å². The average Bonchev–Trinajstić information content (AvgIpc) is 2.55. The molecule has 0 aromatic heterocycles. The number of ether oxygens (including phenoxy) is 1. The summed E-state index contributed by atoms with van der Waals surface area (Å²) in [5.74, 6) is -1.48. The predicted octanol–water partition coefficient (Wildman–Crippen LogP) is 4.46. The Kier molecular flexibility index (Phi) is 10.4. The van der Waals surface area contributed by atoms with Crippen molar-refractivity contribution in [2.75, 3.05) is 6.61 Å². The lowest BCUT2D eigenvalue weighted by molar-refractivity contribution is -0.137. The van der Waals surface area contributed by atoms with Crippen molar-refractivity contribution in [1.29, 1.82) is 0 Å². The van der Waals surface area contributed by atoms with E-state index in [4.69, 9.17) is 14.9 Å². The summed E-state index contributed by atoms with van der Waals surface area (Å²) in [7, 11) is 0. The Balaban J connectivity index is 2.46. The van der Waals surface area contributed by atoms with E-state index in [2.05, 4.69) is 6.92 Å². The van der Waals surface area contributed by atoms with Gasteiger partial charge in [-0.1, -0.05) is 64.0 Å². The second kappa shape index (κ2) is 12.3. The number of carboxylic acid groups (broad SMARTS) is 2. The first-order valence-corrected chi connectivity index (χ1v) is 9.21. The third kappa shape index (κ3) is 9.13. The van der Waals surface area contributed by atoms with E-state index in [1.165, 1.54) is 38.5 Å². The molecule has 0 heterocycles. The Hall–Kier alpha value is -2.04. The highest BCUT2D eigenvalue weighted by atomic mass is 16.5. The molecule has 0 bridgehead atoms. The summed E-state index contributed by atoms with van der Waals surface area (Å²) in [4.78, 5) is 22.0. The van der Waals surface area contributed by atoms with Gasteiger partial charge in [-0.25, -0.2) is 0 Å². The zero-order chi connectivity index (χ0) is 18.5. The topological polar surface area (TPSA) is 83.8 Å². The van der Waals surface area contributed by atoms with Crippen LogP contribution in [0.25, 0.3) is 0 Å². The number of rotatable bonds is 14. The van der Waals surface area contributed by atoms with Crippen molar-refractivity contribution in [1.82, 2.24) is 0 Å². The smallest absolute Gasteiger partial charge is 0.307 e. The first-order valence-electron chi connectivity index (χ1n) is 9.21. The van der Waals surface area contributed by atoms with Crippen molar-refractivity contribution < 1.29 is 24.5 Å². The number of benzene rings is 1. The van der Waals surface area contributed by atoms with Gasteiger partial charge in [0.15, 0.2) is 0 Å². The molecule has 1 aromatic rings. The molecule has 0 saturated carbocycles. The molecule has 0 fully saturated rings. The molecule has 5 heteroatoms. The molecular formula is C20H30O5. The molecular weight excluding hydrogens is 320 g/mol. The highest BCUT2D eigenvalue weighted by Crippen LogP contribution is 2.24. The van der Waals surface area contributed by atoms with E-state index in [9.17, 15) is 9.59 Å². The third-order valence-corrected chi connectivity index (χ3v) is 4.16. The molecule has 1 rings (SSSR count). The minimum Gasteiger partial charge on any atom is -0.493 e. The molecule has 5 nitrogen and oxygen atoms in total. The maximum atomic E-state index is 11.1. The number of unbranched alkanes of at least 4 members (excludes halogenated alkanes) is 7. The molecule has 0 spiro atoms. The van der Waals surface area contributed by atoms with Crippen molar-refractivity contribution in [3.05, 3.63) is 29.3 Å². The van der Waals surface area contributed by atoms with E-state index in [1.807, 2.05) is 0 Å². The van der Waals surface area contributed by atoms with E-state index in [-0.39, 0.29) is 12.8 Å². The first-order chi connectivity index (χ1) is 12.0. The Labute approximate surface area is 150 Å². The van der Waals surface area contributed by atoms with Crippen LogP contribution in [0.5, 0.6) is 5.75 Å². The molecule has 0 saturated heterocycles. The molecule has 0 aliphatic rings. The normalized spacial score (nSPS) is 10.6. The van der Waals surface area contributed by atoms with E-state index >= 15 is 0 Å². The molecule has 0 amide bonds. The van der Waals surface area contributed by atoms with Crippen LogP contribution >= 0.6 is 0 Å². The average molecular weight is 350 g/mol. The molecule has 2 N–H and O–H groups in total. The lowest BCUT2D eigenvalue weighted by Crippen LogP contribution is -2.10. The van der Waals surface area contributed by atoms with Crippen LogP contribution in [0, 0.1) is 0 Å². The number of carbonyl (C=O) groups is 2. The third-order valence-electron chi connectivity index (χ3n) is 4.16. The standard InChI is InChI=1S/C20H30O5/c1-2-3-4-5-6-7-8-9-13-25-18-12-10-11-16(14-19(21)22)17(18)15-20(23)24/h10-12H,2-9,13-15H2,1H3,(H,21,22)(H,23,24). The Morgan fingerprint density at radius 1 is 0.880 bits per heavy atom. The summed E-state index contributed by atoms with van der Waals surface area (Å²) in [5, 5.41) is 18.1. The molecule has 1 aromatic carbocycles. The Morgan fingerprint density at radius 2 is 1.48 bits per heavy atom. The molecule has 0 aliphatic heterocycles. The minimum absolute atomic E-state index is 0.197. The van der Waals surface area contributed by atoms with Gasteiger partial charge in [-0.3, -0.25) is 9.59 Å². The molecule has 140 valence electrons. The van der Waals surface area contributed by atoms with E-state index in [0.717, 1.165) is 12.8 Å². The van der Waals surface area contributed by atoms with Crippen LogP contribution in [0.1, 0.15) is 69.4 Å². The fourth-order valence-electron chi connectivity index (χ4n) is 2.84. The SMILES string of the molecule is CCCCCCCCCCOc1cccc(CC(=O)O)c1CC(=O)O. The van der Waals surface area contributed by atoms with Gasteiger partial charge in [0, 0.05) is 5.56 Å². The summed E-state index contributed by atoms with van der Waals surface area (Å²) in [6.45, 7) is 2.74. The Bertz CT molecular complexity index is 539. The second-order valence-corrected chi connectivity index (χ2v) is 6.36.